The predicted octanol–water partition coefficient (Wildman–Crippen LogP) is 1.38. The molecule has 2 rings (SSSR count). The molecule has 0 spiro atoms. The van der Waals surface area contributed by atoms with Gasteiger partial charge in [-0.3, -0.25) is 4.79 Å². The summed E-state index contributed by atoms with van der Waals surface area (Å²) in [4.78, 5) is 11.7. The summed E-state index contributed by atoms with van der Waals surface area (Å²) in [5.41, 5.74) is -0.526. The first-order valence-corrected chi connectivity index (χ1v) is 4.70. The number of ketones is 1. The molecule has 1 aliphatic rings. The fourth-order valence-electron chi connectivity index (χ4n) is 1.93. The molecule has 0 radical (unpaired) electrons. The molecule has 1 unspecified atom stereocenters. The van der Waals surface area contributed by atoms with Gasteiger partial charge in [-0.2, -0.15) is 0 Å². The smallest absolute Gasteiger partial charge is 0.210 e. The van der Waals surface area contributed by atoms with Gasteiger partial charge in [-0.05, 0) is 12.5 Å². The molecule has 78 valence electrons. The zero-order chi connectivity index (χ0) is 11.1. The fraction of sp³-hybridized carbons (Fsp3) is 0.250. The van der Waals surface area contributed by atoms with Crippen LogP contribution in [0.4, 0.5) is 0 Å². The molecule has 1 atom stereocenters. The number of ether oxygens (including phenoxy) is 1. The summed E-state index contributed by atoms with van der Waals surface area (Å²) >= 11 is 0. The molecule has 0 saturated heterocycles. The average Bonchev–Trinajstić information content (AvgIpc) is 2.30. The summed E-state index contributed by atoms with van der Waals surface area (Å²) in [6, 6.07) is 8.81. The van der Waals surface area contributed by atoms with Crippen molar-refractivity contribution in [2.75, 3.05) is 7.11 Å². The zero-order valence-corrected chi connectivity index (χ0v) is 8.65. The number of hydrogen-bond donors (Lipinski definition) is 1. The van der Waals surface area contributed by atoms with Gasteiger partial charge >= 0.3 is 0 Å². The van der Waals surface area contributed by atoms with Crippen LogP contribution in [0.15, 0.2) is 41.7 Å². The third-order valence-electron chi connectivity index (χ3n) is 2.73. The Morgan fingerprint density at radius 3 is 2.40 bits per heavy atom. The van der Waals surface area contributed by atoms with Gasteiger partial charge in [-0.15, -0.1) is 0 Å². The second kappa shape index (κ2) is 3.21. The lowest BCUT2D eigenvalue weighted by Gasteiger charge is -2.37. The van der Waals surface area contributed by atoms with E-state index in [2.05, 4.69) is 0 Å². The second-order valence-electron chi connectivity index (χ2n) is 3.56. The minimum atomic E-state index is -1.57. The molecule has 0 heterocycles. The Morgan fingerprint density at radius 1 is 1.27 bits per heavy atom. The summed E-state index contributed by atoms with van der Waals surface area (Å²) in [5.74, 6) is 0.0595. The normalized spacial score (nSPS) is 25.1. The topological polar surface area (TPSA) is 46.5 Å². The summed E-state index contributed by atoms with van der Waals surface area (Å²) in [6.07, 6.45) is 0. The molecule has 1 aromatic rings. The number of carbonyl (C=O) groups excluding carboxylic acids is 1. The Kier molecular flexibility index (Phi) is 2.12. The quantitative estimate of drug-likeness (QED) is 0.791. The van der Waals surface area contributed by atoms with E-state index in [1.54, 1.807) is 31.2 Å². The van der Waals surface area contributed by atoms with Crippen molar-refractivity contribution in [1.82, 2.24) is 0 Å². The van der Waals surface area contributed by atoms with Gasteiger partial charge in [0.25, 0.3) is 0 Å². The molecule has 0 fully saturated rings. The standard InChI is InChI=1S/C12H12O3/c1-8-10(13)12(14,11(8)15-2)9-6-4-3-5-7-9/h3-7,14H,1-2H3. The monoisotopic (exact) mass is 204 g/mol. The van der Waals surface area contributed by atoms with Crippen LogP contribution in [-0.4, -0.2) is 18.0 Å². The molecule has 0 aromatic heterocycles. The highest BCUT2D eigenvalue weighted by Crippen LogP contribution is 2.43. The third kappa shape index (κ3) is 1.13. The predicted molar refractivity (Wildman–Crippen MR) is 55.1 cm³/mol. The van der Waals surface area contributed by atoms with Gasteiger partial charge < -0.3 is 9.84 Å². The van der Waals surface area contributed by atoms with Crippen LogP contribution < -0.4 is 0 Å². The Hall–Kier alpha value is -1.61. The number of methoxy groups -OCH3 is 1. The summed E-state index contributed by atoms with van der Waals surface area (Å²) < 4.78 is 5.05. The van der Waals surface area contributed by atoms with Crippen molar-refractivity contribution >= 4 is 5.78 Å². The number of hydrogen-bond acceptors (Lipinski definition) is 3. The van der Waals surface area contributed by atoms with E-state index in [0.29, 0.717) is 16.9 Å². The van der Waals surface area contributed by atoms with E-state index in [9.17, 15) is 9.90 Å². The molecule has 1 aromatic carbocycles. The largest absolute Gasteiger partial charge is 0.497 e. The first-order chi connectivity index (χ1) is 7.12. The zero-order valence-electron chi connectivity index (χ0n) is 8.65. The molecule has 0 bridgehead atoms. The summed E-state index contributed by atoms with van der Waals surface area (Å²) in [7, 11) is 1.46. The molecule has 0 saturated carbocycles. The Morgan fingerprint density at radius 2 is 1.87 bits per heavy atom. The van der Waals surface area contributed by atoms with Crippen molar-refractivity contribution in [1.29, 1.82) is 0 Å². The van der Waals surface area contributed by atoms with Gasteiger partial charge in [0.15, 0.2) is 0 Å². The highest BCUT2D eigenvalue weighted by Gasteiger charge is 2.53. The van der Waals surface area contributed by atoms with Crippen molar-refractivity contribution in [3.63, 3.8) is 0 Å². The lowest BCUT2D eigenvalue weighted by Crippen LogP contribution is -2.48. The third-order valence-corrected chi connectivity index (χ3v) is 2.73. The molecule has 3 heteroatoms. The Bertz CT molecular complexity index is 433. The van der Waals surface area contributed by atoms with Gasteiger partial charge in [0.2, 0.25) is 11.4 Å². The lowest BCUT2D eigenvalue weighted by atomic mass is 9.74. The van der Waals surface area contributed by atoms with E-state index in [1.165, 1.54) is 7.11 Å². The van der Waals surface area contributed by atoms with Crippen molar-refractivity contribution in [3.8, 4) is 0 Å². The van der Waals surface area contributed by atoms with Gasteiger partial charge in [0, 0.05) is 5.57 Å². The molecule has 1 N–H and O–H groups in total. The molecular weight excluding hydrogens is 192 g/mol. The van der Waals surface area contributed by atoms with E-state index in [1.807, 2.05) is 6.07 Å². The van der Waals surface area contributed by atoms with Gasteiger partial charge in [-0.1, -0.05) is 30.3 Å². The van der Waals surface area contributed by atoms with Crippen LogP contribution >= 0.6 is 0 Å². The molecule has 0 aliphatic heterocycles. The van der Waals surface area contributed by atoms with E-state index >= 15 is 0 Å². The molecule has 3 nitrogen and oxygen atoms in total. The molecule has 15 heavy (non-hydrogen) atoms. The first kappa shape index (κ1) is 9.93. The maximum absolute atomic E-state index is 11.7. The minimum Gasteiger partial charge on any atom is -0.497 e. The van der Waals surface area contributed by atoms with Crippen molar-refractivity contribution in [2.45, 2.75) is 12.5 Å². The van der Waals surface area contributed by atoms with Gasteiger partial charge in [0.1, 0.15) is 5.76 Å². The highest BCUT2D eigenvalue weighted by molar-refractivity contribution is 6.11. The van der Waals surface area contributed by atoms with E-state index in [-0.39, 0.29) is 5.78 Å². The maximum atomic E-state index is 11.7. The highest BCUT2D eigenvalue weighted by atomic mass is 16.5. The van der Waals surface area contributed by atoms with Crippen molar-refractivity contribution in [2.24, 2.45) is 0 Å². The minimum absolute atomic E-state index is 0.287. The maximum Gasteiger partial charge on any atom is 0.210 e. The van der Waals surface area contributed by atoms with Crippen LogP contribution in [-0.2, 0) is 15.1 Å². The van der Waals surface area contributed by atoms with Gasteiger partial charge in [0.05, 0.1) is 7.11 Å². The molecule has 1 aliphatic carbocycles. The second-order valence-corrected chi connectivity index (χ2v) is 3.56. The van der Waals surface area contributed by atoms with Crippen molar-refractivity contribution < 1.29 is 14.6 Å². The van der Waals surface area contributed by atoms with Crippen LogP contribution in [0.2, 0.25) is 0 Å². The Labute approximate surface area is 88.0 Å². The fourth-order valence-corrected chi connectivity index (χ4v) is 1.93. The number of Topliss-reactive ketones (excluding diaryl/α,β-unsaturated/α-hetero) is 1. The van der Waals surface area contributed by atoms with Crippen LogP contribution in [0.3, 0.4) is 0 Å². The first-order valence-electron chi connectivity index (χ1n) is 4.70. The summed E-state index contributed by atoms with van der Waals surface area (Å²) in [6.45, 7) is 1.65. The number of aliphatic hydroxyl groups is 1. The van der Waals surface area contributed by atoms with Crippen LogP contribution in [0.25, 0.3) is 0 Å². The number of carbonyl (C=O) groups is 1. The van der Waals surface area contributed by atoms with Crippen LogP contribution in [0, 0.1) is 0 Å². The van der Waals surface area contributed by atoms with Gasteiger partial charge in [-0.25, -0.2) is 0 Å². The van der Waals surface area contributed by atoms with E-state index in [4.69, 9.17) is 4.74 Å². The van der Waals surface area contributed by atoms with Crippen molar-refractivity contribution in [3.05, 3.63) is 47.2 Å². The lowest BCUT2D eigenvalue weighted by molar-refractivity contribution is -0.140. The van der Waals surface area contributed by atoms with E-state index < -0.39 is 5.60 Å². The van der Waals surface area contributed by atoms with Crippen LogP contribution in [0.1, 0.15) is 12.5 Å². The Balaban J connectivity index is 2.51. The SMILES string of the molecule is COC1=C(C)C(=O)C1(O)c1ccccc1. The average molecular weight is 204 g/mol. The van der Waals surface area contributed by atoms with Crippen LogP contribution in [0.5, 0.6) is 0 Å². The number of rotatable bonds is 2. The summed E-state index contributed by atoms with van der Waals surface area (Å²) in [5, 5.41) is 10.2. The molecular formula is C12H12O3. The molecule has 0 amide bonds. The van der Waals surface area contributed by atoms with E-state index in [0.717, 1.165) is 0 Å². The number of benzene rings is 1.